The Morgan fingerprint density at radius 2 is 2.05 bits per heavy atom. The number of amides is 1. The van der Waals surface area contributed by atoms with Crippen molar-refractivity contribution in [2.75, 3.05) is 13.1 Å². The minimum Gasteiger partial charge on any atom is -0.338 e. The van der Waals surface area contributed by atoms with Gasteiger partial charge >= 0.3 is 0 Å². The van der Waals surface area contributed by atoms with Crippen molar-refractivity contribution >= 4 is 27.3 Å². The number of rotatable bonds is 1. The molecule has 2 heterocycles. The summed E-state index contributed by atoms with van der Waals surface area (Å²) in [5.41, 5.74) is 5.84. The van der Waals surface area contributed by atoms with E-state index in [0.717, 1.165) is 22.9 Å². The zero-order valence-electron chi connectivity index (χ0n) is 10.4. The van der Waals surface area contributed by atoms with Crippen LogP contribution in [0.2, 0.25) is 0 Å². The normalized spacial score (nSPS) is 17.1. The summed E-state index contributed by atoms with van der Waals surface area (Å²) in [6.45, 7) is 1.42. The summed E-state index contributed by atoms with van der Waals surface area (Å²) in [7, 11) is 0. The zero-order valence-corrected chi connectivity index (χ0v) is 11.3. The Morgan fingerprint density at radius 1 is 1.32 bits per heavy atom. The molecule has 2 N–H and O–H groups in total. The van der Waals surface area contributed by atoms with E-state index in [0.29, 0.717) is 18.0 Å². The Morgan fingerprint density at radius 3 is 2.79 bits per heavy atom. The van der Waals surface area contributed by atoms with Gasteiger partial charge in [0.15, 0.2) is 0 Å². The van der Waals surface area contributed by atoms with Crippen molar-refractivity contribution in [2.45, 2.75) is 18.9 Å². The molecule has 19 heavy (non-hydrogen) atoms. The lowest BCUT2D eigenvalue weighted by molar-refractivity contribution is 0.0720. The van der Waals surface area contributed by atoms with E-state index in [9.17, 15) is 9.18 Å². The highest BCUT2D eigenvalue weighted by Crippen LogP contribution is 2.27. The summed E-state index contributed by atoms with van der Waals surface area (Å²) in [6.07, 6.45) is 1.70. The van der Waals surface area contributed by atoms with Crippen LogP contribution in [0.1, 0.15) is 22.5 Å². The van der Waals surface area contributed by atoms with Crippen molar-refractivity contribution in [1.82, 2.24) is 4.90 Å². The average molecular weight is 278 g/mol. The predicted octanol–water partition coefficient (Wildman–Crippen LogP) is 2.60. The van der Waals surface area contributed by atoms with Crippen LogP contribution < -0.4 is 5.73 Å². The summed E-state index contributed by atoms with van der Waals surface area (Å²) in [4.78, 5) is 14.9. The first-order valence-electron chi connectivity index (χ1n) is 6.37. The number of likely N-dealkylation sites (tertiary alicyclic amines) is 1. The summed E-state index contributed by atoms with van der Waals surface area (Å²) in [5, 5.41) is 0.794. The first kappa shape index (κ1) is 12.6. The van der Waals surface area contributed by atoms with E-state index in [1.165, 1.54) is 23.5 Å². The molecule has 0 saturated carbocycles. The number of piperidine rings is 1. The highest BCUT2D eigenvalue weighted by molar-refractivity contribution is 7.20. The van der Waals surface area contributed by atoms with Crippen molar-refractivity contribution in [3.63, 3.8) is 0 Å². The third-order valence-electron chi connectivity index (χ3n) is 3.52. The van der Waals surface area contributed by atoms with Gasteiger partial charge in [-0.1, -0.05) is 0 Å². The third-order valence-corrected chi connectivity index (χ3v) is 4.62. The average Bonchev–Trinajstić information content (AvgIpc) is 2.81. The predicted molar refractivity (Wildman–Crippen MR) is 74.9 cm³/mol. The van der Waals surface area contributed by atoms with Gasteiger partial charge in [-0.05, 0) is 42.5 Å². The van der Waals surface area contributed by atoms with Crippen molar-refractivity contribution in [3.05, 3.63) is 35.0 Å². The number of carbonyl (C=O) groups excluding carboxylic acids is 1. The van der Waals surface area contributed by atoms with Crippen molar-refractivity contribution in [1.29, 1.82) is 0 Å². The molecule has 1 aliphatic heterocycles. The Hall–Kier alpha value is -1.46. The first-order chi connectivity index (χ1) is 9.13. The largest absolute Gasteiger partial charge is 0.338 e. The highest BCUT2D eigenvalue weighted by Gasteiger charge is 2.22. The Kier molecular flexibility index (Phi) is 3.24. The minimum atomic E-state index is -0.270. The van der Waals surface area contributed by atoms with Crippen LogP contribution in [0.4, 0.5) is 4.39 Å². The molecule has 2 aromatic rings. The van der Waals surface area contributed by atoms with Gasteiger partial charge in [-0.15, -0.1) is 11.3 Å². The number of hydrogen-bond acceptors (Lipinski definition) is 3. The van der Waals surface area contributed by atoms with Gasteiger partial charge in [-0.3, -0.25) is 4.79 Å². The first-order valence-corrected chi connectivity index (χ1v) is 7.19. The number of fused-ring (bicyclic) bond motifs is 1. The lowest BCUT2D eigenvalue weighted by atomic mass is 10.1. The van der Waals surface area contributed by atoms with Gasteiger partial charge in [0.05, 0.1) is 4.88 Å². The highest BCUT2D eigenvalue weighted by atomic mass is 32.1. The molecule has 1 saturated heterocycles. The van der Waals surface area contributed by atoms with E-state index in [4.69, 9.17) is 5.73 Å². The number of halogens is 1. The summed E-state index contributed by atoms with van der Waals surface area (Å²) in [5.74, 6) is -0.234. The molecule has 1 amide bonds. The number of thiophene rings is 1. The van der Waals surface area contributed by atoms with Gasteiger partial charge in [0.1, 0.15) is 5.82 Å². The molecule has 0 bridgehead atoms. The summed E-state index contributed by atoms with van der Waals surface area (Å²) < 4.78 is 14.1. The second-order valence-electron chi connectivity index (χ2n) is 4.92. The summed E-state index contributed by atoms with van der Waals surface area (Å²) in [6, 6.07) is 6.60. The number of nitrogens with zero attached hydrogens (tertiary/aromatic N) is 1. The van der Waals surface area contributed by atoms with E-state index in [1.807, 2.05) is 4.90 Å². The standard InChI is InChI=1S/C14H15FN2OS/c15-10-1-2-12-9(7-10)8-13(19-12)14(18)17-5-3-11(16)4-6-17/h1-2,7-8,11H,3-6,16H2. The Labute approximate surface area is 114 Å². The smallest absolute Gasteiger partial charge is 0.263 e. The van der Waals surface area contributed by atoms with Crippen LogP contribution in [0.15, 0.2) is 24.3 Å². The summed E-state index contributed by atoms with van der Waals surface area (Å²) >= 11 is 1.42. The van der Waals surface area contributed by atoms with Crippen LogP contribution in [-0.2, 0) is 0 Å². The molecule has 3 nitrogen and oxygen atoms in total. The van der Waals surface area contributed by atoms with Gasteiger partial charge in [-0.2, -0.15) is 0 Å². The quantitative estimate of drug-likeness (QED) is 0.871. The van der Waals surface area contributed by atoms with Gasteiger partial charge < -0.3 is 10.6 Å². The van der Waals surface area contributed by atoms with Gasteiger partial charge in [-0.25, -0.2) is 4.39 Å². The Bertz CT molecular complexity index is 617. The van der Waals surface area contributed by atoms with Gasteiger partial charge in [0.2, 0.25) is 0 Å². The molecule has 1 aromatic heterocycles. The molecule has 1 aromatic carbocycles. The number of carbonyl (C=O) groups is 1. The van der Waals surface area contributed by atoms with E-state index >= 15 is 0 Å². The van der Waals surface area contributed by atoms with E-state index in [-0.39, 0.29) is 17.8 Å². The Balaban J connectivity index is 1.85. The zero-order chi connectivity index (χ0) is 13.4. The monoisotopic (exact) mass is 278 g/mol. The van der Waals surface area contributed by atoms with Crippen LogP contribution in [0.5, 0.6) is 0 Å². The second-order valence-corrected chi connectivity index (χ2v) is 6.01. The van der Waals surface area contributed by atoms with Crippen LogP contribution in [0.25, 0.3) is 10.1 Å². The maximum absolute atomic E-state index is 13.1. The molecule has 0 aliphatic carbocycles. The fraction of sp³-hybridized carbons (Fsp3) is 0.357. The van der Waals surface area contributed by atoms with Gasteiger partial charge in [0, 0.05) is 23.8 Å². The van der Waals surface area contributed by atoms with Crippen molar-refractivity contribution < 1.29 is 9.18 Å². The van der Waals surface area contributed by atoms with Crippen molar-refractivity contribution in [2.24, 2.45) is 5.73 Å². The fourth-order valence-electron chi connectivity index (χ4n) is 2.38. The second kappa shape index (κ2) is 4.90. The molecular weight excluding hydrogens is 263 g/mol. The van der Waals surface area contributed by atoms with Crippen LogP contribution in [-0.4, -0.2) is 29.9 Å². The van der Waals surface area contributed by atoms with E-state index in [1.54, 1.807) is 12.1 Å². The van der Waals surface area contributed by atoms with Crippen LogP contribution in [0, 0.1) is 5.82 Å². The lowest BCUT2D eigenvalue weighted by Crippen LogP contribution is -2.42. The SMILES string of the molecule is NC1CCN(C(=O)c2cc3cc(F)ccc3s2)CC1. The fourth-order valence-corrected chi connectivity index (χ4v) is 3.39. The topological polar surface area (TPSA) is 46.3 Å². The maximum atomic E-state index is 13.1. The molecule has 0 radical (unpaired) electrons. The van der Waals surface area contributed by atoms with Crippen LogP contribution >= 0.6 is 11.3 Å². The van der Waals surface area contributed by atoms with Crippen LogP contribution in [0.3, 0.4) is 0 Å². The molecule has 1 fully saturated rings. The number of hydrogen-bond donors (Lipinski definition) is 1. The molecule has 0 unspecified atom stereocenters. The molecule has 3 rings (SSSR count). The number of nitrogens with two attached hydrogens (primary N) is 1. The molecule has 1 aliphatic rings. The minimum absolute atomic E-state index is 0.0357. The molecule has 0 atom stereocenters. The van der Waals surface area contributed by atoms with Gasteiger partial charge in [0.25, 0.3) is 5.91 Å². The molecular formula is C14H15FN2OS. The van der Waals surface area contributed by atoms with E-state index < -0.39 is 0 Å². The number of benzene rings is 1. The third kappa shape index (κ3) is 2.48. The lowest BCUT2D eigenvalue weighted by Gasteiger charge is -2.29. The van der Waals surface area contributed by atoms with Crippen molar-refractivity contribution in [3.8, 4) is 0 Å². The molecule has 5 heteroatoms. The van der Waals surface area contributed by atoms with E-state index in [2.05, 4.69) is 0 Å². The molecule has 0 spiro atoms. The maximum Gasteiger partial charge on any atom is 0.263 e. The molecule has 100 valence electrons.